The van der Waals surface area contributed by atoms with Crippen LogP contribution in [0.2, 0.25) is 0 Å². The highest BCUT2D eigenvalue weighted by Crippen LogP contribution is 2.27. The number of methoxy groups -OCH3 is 1. The number of hydrazone groups is 1. The molecule has 0 aliphatic rings. The molecule has 0 unspecified atom stereocenters. The number of allylic oxidation sites excluding steroid dienone is 2. The number of nitroso groups, excluding NO2 is 1. The Balaban J connectivity index is 0.000000885. The minimum Gasteiger partial charge on any atom is -0.494 e. The summed E-state index contributed by atoms with van der Waals surface area (Å²) >= 11 is 0. The largest absolute Gasteiger partial charge is 0.494 e. The van der Waals surface area contributed by atoms with E-state index in [0.29, 0.717) is 18.7 Å². The molecule has 1 rings (SSSR count). The van der Waals surface area contributed by atoms with Crippen molar-refractivity contribution in [2.45, 2.75) is 6.42 Å². The monoisotopic (exact) mass is 291 g/mol. The number of ether oxygens (including phenoxy) is 1. The lowest BCUT2D eigenvalue weighted by atomic mass is 10.2. The number of hydrogen-bond acceptors (Lipinski definition) is 6. The van der Waals surface area contributed by atoms with Crippen LogP contribution in [0.1, 0.15) is 12.0 Å². The second-order valence-electron chi connectivity index (χ2n) is 3.74. The average molecular weight is 291 g/mol. The van der Waals surface area contributed by atoms with E-state index in [4.69, 9.17) is 9.84 Å². The van der Waals surface area contributed by atoms with Crippen molar-refractivity contribution in [3.05, 3.63) is 54.0 Å². The van der Waals surface area contributed by atoms with Gasteiger partial charge in [0, 0.05) is 13.2 Å². The van der Waals surface area contributed by atoms with E-state index in [1.54, 1.807) is 36.6 Å². The van der Waals surface area contributed by atoms with Gasteiger partial charge in [-0.3, -0.25) is 0 Å². The molecule has 2 N–H and O–H groups in total. The maximum absolute atomic E-state index is 10.4. The van der Waals surface area contributed by atoms with Gasteiger partial charge in [-0.25, -0.2) is 0 Å². The zero-order chi connectivity index (χ0) is 15.9. The standard InChI is InChI=1S/C11H15N3O3.C4H6/c1-17-11-7-9(3-4-10(11)14-16)8-13-12-5-2-6-15;1-3-4-2/h3-4,7-8,12,15H,2,5-6H2,1H3;3-4H,1-2H2/b13-8+;. The zero-order valence-electron chi connectivity index (χ0n) is 12.2. The molecule has 0 atom stereocenters. The third-order valence-corrected chi connectivity index (χ3v) is 2.22. The highest BCUT2D eigenvalue weighted by atomic mass is 16.5. The number of hydrogen-bond donors (Lipinski definition) is 2. The number of rotatable bonds is 8. The Morgan fingerprint density at radius 3 is 2.62 bits per heavy atom. The lowest BCUT2D eigenvalue weighted by Gasteiger charge is -2.03. The summed E-state index contributed by atoms with van der Waals surface area (Å²) in [5.74, 6) is 0.416. The fraction of sp³-hybridized carbons (Fsp3) is 0.267. The molecule has 1 aromatic rings. The Labute approximate surface area is 124 Å². The van der Waals surface area contributed by atoms with Crippen molar-refractivity contribution >= 4 is 11.9 Å². The van der Waals surface area contributed by atoms with E-state index < -0.39 is 0 Å². The van der Waals surface area contributed by atoms with E-state index >= 15 is 0 Å². The molecule has 6 nitrogen and oxygen atoms in total. The molecule has 0 fully saturated rings. The van der Waals surface area contributed by atoms with Crippen LogP contribution < -0.4 is 10.2 Å². The Morgan fingerprint density at radius 2 is 2.10 bits per heavy atom. The van der Waals surface area contributed by atoms with E-state index in [2.05, 4.69) is 28.9 Å². The van der Waals surface area contributed by atoms with Crippen molar-refractivity contribution in [3.8, 4) is 5.75 Å². The Hall–Kier alpha value is -2.47. The van der Waals surface area contributed by atoms with Crippen LogP contribution in [0.15, 0.2) is 53.8 Å². The van der Waals surface area contributed by atoms with Gasteiger partial charge in [-0.05, 0) is 29.3 Å². The fourth-order valence-electron chi connectivity index (χ4n) is 1.19. The maximum Gasteiger partial charge on any atom is 0.149 e. The predicted molar refractivity (Wildman–Crippen MR) is 86.1 cm³/mol. The molecule has 0 saturated heterocycles. The van der Waals surface area contributed by atoms with Crippen molar-refractivity contribution < 1.29 is 9.84 Å². The lowest BCUT2D eigenvalue weighted by Crippen LogP contribution is -2.09. The summed E-state index contributed by atoms with van der Waals surface area (Å²) in [4.78, 5) is 10.4. The molecule has 0 saturated carbocycles. The number of nitrogens with one attached hydrogen (secondary N) is 1. The Morgan fingerprint density at radius 1 is 1.38 bits per heavy atom. The third kappa shape index (κ3) is 8.33. The first kappa shape index (κ1) is 18.5. The summed E-state index contributed by atoms with van der Waals surface area (Å²) in [6, 6.07) is 4.96. The molecule has 0 aromatic heterocycles. The normalized spacial score (nSPS) is 9.43. The smallest absolute Gasteiger partial charge is 0.149 e. The van der Waals surface area contributed by atoms with Crippen LogP contribution in [0.3, 0.4) is 0 Å². The maximum atomic E-state index is 10.4. The van der Waals surface area contributed by atoms with E-state index in [1.807, 2.05) is 0 Å². The van der Waals surface area contributed by atoms with Crippen LogP contribution in [0.25, 0.3) is 0 Å². The summed E-state index contributed by atoms with van der Waals surface area (Å²) in [5, 5.41) is 15.4. The molecule has 1 aromatic carbocycles. The predicted octanol–water partition coefficient (Wildman–Crippen LogP) is 2.76. The summed E-state index contributed by atoms with van der Waals surface area (Å²) in [6.07, 6.45) is 5.53. The molecule has 0 spiro atoms. The van der Waals surface area contributed by atoms with Crippen molar-refractivity contribution in [3.63, 3.8) is 0 Å². The second kappa shape index (κ2) is 12.6. The molecule has 0 amide bonds. The highest BCUT2D eigenvalue weighted by Gasteiger charge is 2.02. The van der Waals surface area contributed by atoms with Crippen molar-refractivity contribution in [1.82, 2.24) is 5.43 Å². The molecular formula is C15H21N3O3. The number of aliphatic hydroxyl groups is 1. The molecule has 114 valence electrons. The molecule has 0 aliphatic carbocycles. The van der Waals surface area contributed by atoms with E-state index in [9.17, 15) is 4.91 Å². The minimum absolute atomic E-state index is 0.135. The number of benzene rings is 1. The summed E-state index contributed by atoms with van der Waals surface area (Å²) in [7, 11) is 1.48. The highest BCUT2D eigenvalue weighted by molar-refractivity contribution is 5.81. The van der Waals surface area contributed by atoms with Crippen LogP contribution in [-0.4, -0.2) is 31.6 Å². The van der Waals surface area contributed by atoms with Crippen LogP contribution in [0, 0.1) is 4.91 Å². The lowest BCUT2D eigenvalue weighted by molar-refractivity contribution is 0.286. The van der Waals surface area contributed by atoms with Crippen LogP contribution in [0.5, 0.6) is 5.75 Å². The van der Waals surface area contributed by atoms with Gasteiger partial charge in [0.05, 0.1) is 13.3 Å². The fourth-order valence-corrected chi connectivity index (χ4v) is 1.19. The van der Waals surface area contributed by atoms with Gasteiger partial charge < -0.3 is 15.3 Å². The third-order valence-electron chi connectivity index (χ3n) is 2.22. The van der Waals surface area contributed by atoms with Gasteiger partial charge in [0.1, 0.15) is 11.4 Å². The minimum atomic E-state index is 0.135. The first-order valence-corrected chi connectivity index (χ1v) is 6.35. The summed E-state index contributed by atoms with van der Waals surface area (Å²) in [5.41, 5.74) is 3.84. The number of aliphatic hydroxyl groups excluding tert-OH is 1. The van der Waals surface area contributed by atoms with Gasteiger partial charge in [-0.2, -0.15) is 5.10 Å². The van der Waals surface area contributed by atoms with Gasteiger partial charge in [-0.1, -0.05) is 31.4 Å². The Bertz CT molecular complexity index is 467. The topological polar surface area (TPSA) is 83.3 Å². The van der Waals surface area contributed by atoms with E-state index in [1.165, 1.54) is 7.11 Å². The van der Waals surface area contributed by atoms with E-state index in [-0.39, 0.29) is 12.3 Å². The molecule has 0 bridgehead atoms. The van der Waals surface area contributed by atoms with Crippen molar-refractivity contribution in [1.29, 1.82) is 0 Å². The molecule has 6 heteroatoms. The quantitative estimate of drug-likeness (QED) is 0.254. The zero-order valence-corrected chi connectivity index (χ0v) is 12.2. The first-order valence-electron chi connectivity index (χ1n) is 6.35. The van der Waals surface area contributed by atoms with Crippen LogP contribution in [-0.2, 0) is 0 Å². The van der Waals surface area contributed by atoms with Crippen molar-refractivity contribution in [2.75, 3.05) is 20.3 Å². The SMILES string of the molecule is C=CC=C.COc1cc(/C=N/NCCCO)ccc1N=O. The van der Waals surface area contributed by atoms with Crippen LogP contribution in [0.4, 0.5) is 5.69 Å². The van der Waals surface area contributed by atoms with Gasteiger partial charge in [0.25, 0.3) is 0 Å². The Kier molecular flexibility index (Phi) is 11.1. The molecular weight excluding hydrogens is 270 g/mol. The molecule has 0 heterocycles. The van der Waals surface area contributed by atoms with Gasteiger partial charge in [0.15, 0.2) is 0 Å². The van der Waals surface area contributed by atoms with Crippen molar-refractivity contribution in [2.24, 2.45) is 10.3 Å². The second-order valence-corrected chi connectivity index (χ2v) is 3.74. The van der Waals surface area contributed by atoms with Gasteiger partial charge in [0.2, 0.25) is 0 Å². The first-order chi connectivity index (χ1) is 10.2. The average Bonchev–Trinajstić information content (AvgIpc) is 2.54. The summed E-state index contributed by atoms with van der Waals surface area (Å²) in [6.45, 7) is 7.47. The van der Waals surface area contributed by atoms with Crippen LogP contribution >= 0.6 is 0 Å². The molecule has 21 heavy (non-hydrogen) atoms. The summed E-state index contributed by atoms with van der Waals surface area (Å²) < 4.78 is 5.01. The number of nitrogens with zero attached hydrogens (tertiary/aromatic N) is 2. The van der Waals surface area contributed by atoms with Gasteiger partial charge >= 0.3 is 0 Å². The molecule has 0 aliphatic heterocycles. The van der Waals surface area contributed by atoms with E-state index in [0.717, 1.165) is 5.56 Å². The molecule has 0 radical (unpaired) electrons. The van der Waals surface area contributed by atoms with Gasteiger partial charge in [-0.15, -0.1) is 4.91 Å².